The maximum Gasteiger partial charge on any atom is 0.225 e. The fourth-order valence-electron chi connectivity index (χ4n) is 1.92. The Morgan fingerprint density at radius 3 is 2.57 bits per heavy atom. The number of amides is 1. The maximum absolute atomic E-state index is 11.9. The highest BCUT2D eigenvalue weighted by atomic mass is 16.5. The van der Waals surface area contributed by atoms with Crippen molar-refractivity contribution in [3.63, 3.8) is 0 Å². The average Bonchev–Trinajstić information content (AvgIpc) is 2.27. The van der Waals surface area contributed by atoms with Gasteiger partial charge in [-0.05, 0) is 25.7 Å². The second kappa shape index (κ2) is 5.35. The summed E-state index contributed by atoms with van der Waals surface area (Å²) >= 11 is 0. The summed E-state index contributed by atoms with van der Waals surface area (Å²) in [5, 5.41) is 0. The van der Waals surface area contributed by atoms with E-state index in [1.54, 1.807) is 4.90 Å². The van der Waals surface area contributed by atoms with Gasteiger partial charge >= 0.3 is 0 Å². The Hall–Kier alpha value is -0.570. The lowest BCUT2D eigenvalue weighted by molar-refractivity contribution is -0.136. The molecule has 0 saturated carbocycles. The average molecular weight is 199 g/mol. The van der Waals surface area contributed by atoms with Gasteiger partial charge in [-0.2, -0.15) is 0 Å². The Labute approximate surface area is 86.4 Å². The van der Waals surface area contributed by atoms with Gasteiger partial charge in [0.15, 0.2) is 0 Å². The van der Waals surface area contributed by atoms with Gasteiger partial charge in [0.2, 0.25) is 5.91 Å². The van der Waals surface area contributed by atoms with E-state index in [1.165, 1.54) is 0 Å². The van der Waals surface area contributed by atoms with Crippen molar-refractivity contribution >= 4 is 5.91 Å². The third-order valence-electron chi connectivity index (χ3n) is 3.21. The van der Waals surface area contributed by atoms with Crippen molar-refractivity contribution in [2.75, 3.05) is 26.8 Å². The number of hydrogen-bond acceptors (Lipinski definition) is 2. The minimum atomic E-state index is 0.156. The molecule has 0 aromatic rings. The molecule has 3 nitrogen and oxygen atoms in total. The van der Waals surface area contributed by atoms with Crippen molar-refractivity contribution < 1.29 is 9.53 Å². The molecule has 0 spiro atoms. The van der Waals surface area contributed by atoms with Crippen LogP contribution in [-0.4, -0.2) is 37.6 Å². The van der Waals surface area contributed by atoms with Gasteiger partial charge in [-0.3, -0.25) is 4.79 Å². The highest BCUT2D eigenvalue weighted by Gasteiger charge is 2.27. The van der Waals surface area contributed by atoms with Crippen molar-refractivity contribution in [3.05, 3.63) is 0 Å². The molecule has 1 saturated heterocycles. The molecule has 1 aliphatic rings. The standard InChI is InChI=1S/C11H21NO2/c1-4-12(3)11(13)9(2)10-5-7-14-8-6-10/h9-10H,4-8H2,1-3H3. The van der Waals surface area contributed by atoms with Crippen LogP contribution in [0.5, 0.6) is 0 Å². The van der Waals surface area contributed by atoms with Crippen LogP contribution in [0, 0.1) is 11.8 Å². The van der Waals surface area contributed by atoms with Gasteiger partial charge in [0.05, 0.1) is 0 Å². The second-order valence-electron chi connectivity index (χ2n) is 4.09. The molecule has 0 N–H and O–H groups in total. The normalized spacial score (nSPS) is 20.5. The molecule has 1 rings (SSSR count). The second-order valence-corrected chi connectivity index (χ2v) is 4.09. The summed E-state index contributed by atoms with van der Waals surface area (Å²) in [5.41, 5.74) is 0. The molecule has 1 amide bonds. The molecule has 1 heterocycles. The van der Waals surface area contributed by atoms with Crippen LogP contribution in [0.15, 0.2) is 0 Å². The molecule has 3 heteroatoms. The summed E-state index contributed by atoms with van der Waals surface area (Å²) in [6.45, 7) is 6.49. The Kier molecular flexibility index (Phi) is 4.39. The number of rotatable bonds is 3. The van der Waals surface area contributed by atoms with Gasteiger partial charge in [0.25, 0.3) is 0 Å². The van der Waals surface area contributed by atoms with Crippen molar-refractivity contribution in [3.8, 4) is 0 Å². The number of carbonyl (C=O) groups is 1. The van der Waals surface area contributed by atoms with Gasteiger partial charge in [0, 0.05) is 32.7 Å². The lowest BCUT2D eigenvalue weighted by Gasteiger charge is -2.29. The molecular formula is C11H21NO2. The topological polar surface area (TPSA) is 29.5 Å². The predicted molar refractivity (Wildman–Crippen MR) is 56.0 cm³/mol. The van der Waals surface area contributed by atoms with Gasteiger partial charge in [-0.1, -0.05) is 6.92 Å². The number of nitrogens with zero attached hydrogens (tertiary/aromatic N) is 1. The molecule has 1 fully saturated rings. The van der Waals surface area contributed by atoms with E-state index in [9.17, 15) is 4.79 Å². The lowest BCUT2D eigenvalue weighted by Crippen LogP contribution is -2.36. The van der Waals surface area contributed by atoms with E-state index in [2.05, 4.69) is 0 Å². The van der Waals surface area contributed by atoms with Crippen LogP contribution >= 0.6 is 0 Å². The van der Waals surface area contributed by atoms with Crippen LogP contribution in [0.4, 0.5) is 0 Å². The van der Waals surface area contributed by atoms with Gasteiger partial charge < -0.3 is 9.64 Å². The van der Waals surface area contributed by atoms with Gasteiger partial charge in [-0.15, -0.1) is 0 Å². The zero-order chi connectivity index (χ0) is 10.6. The summed E-state index contributed by atoms with van der Waals surface area (Å²) in [6, 6.07) is 0. The van der Waals surface area contributed by atoms with Gasteiger partial charge in [-0.25, -0.2) is 0 Å². The van der Waals surface area contributed by atoms with Crippen LogP contribution in [0.3, 0.4) is 0 Å². The maximum atomic E-state index is 11.9. The minimum absolute atomic E-state index is 0.156. The summed E-state index contributed by atoms with van der Waals surface area (Å²) < 4.78 is 5.29. The Bertz CT molecular complexity index is 188. The molecule has 1 atom stereocenters. The third-order valence-corrected chi connectivity index (χ3v) is 3.21. The van der Waals surface area contributed by atoms with Crippen molar-refractivity contribution in [2.45, 2.75) is 26.7 Å². The van der Waals surface area contributed by atoms with E-state index >= 15 is 0 Å². The fraction of sp³-hybridized carbons (Fsp3) is 0.909. The first kappa shape index (κ1) is 11.5. The smallest absolute Gasteiger partial charge is 0.225 e. The van der Waals surface area contributed by atoms with E-state index in [0.29, 0.717) is 5.92 Å². The summed E-state index contributed by atoms with van der Waals surface area (Å²) in [5.74, 6) is 0.952. The molecule has 0 aliphatic carbocycles. The summed E-state index contributed by atoms with van der Waals surface area (Å²) in [7, 11) is 1.87. The monoisotopic (exact) mass is 199 g/mol. The first-order valence-electron chi connectivity index (χ1n) is 5.49. The molecular weight excluding hydrogens is 178 g/mol. The lowest BCUT2D eigenvalue weighted by atomic mass is 9.86. The molecule has 1 aliphatic heterocycles. The first-order chi connectivity index (χ1) is 6.66. The number of carbonyl (C=O) groups excluding carboxylic acids is 1. The molecule has 0 radical (unpaired) electrons. The van der Waals surface area contributed by atoms with E-state index < -0.39 is 0 Å². The fourth-order valence-corrected chi connectivity index (χ4v) is 1.92. The number of ether oxygens (including phenoxy) is 1. The molecule has 82 valence electrons. The SMILES string of the molecule is CCN(C)C(=O)C(C)C1CCOCC1. The third kappa shape index (κ3) is 2.71. The highest BCUT2D eigenvalue weighted by Crippen LogP contribution is 2.24. The highest BCUT2D eigenvalue weighted by molar-refractivity contribution is 5.78. The largest absolute Gasteiger partial charge is 0.381 e. The quantitative estimate of drug-likeness (QED) is 0.690. The van der Waals surface area contributed by atoms with Crippen molar-refractivity contribution in [1.29, 1.82) is 0 Å². The molecule has 0 aromatic carbocycles. The van der Waals surface area contributed by atoms with E-state index in [0.717, 1.165) is 32.6 Å². The first-order valence-corrected chi connectivity index (χ1v) is 5.49. The Morgan fingerprint density at radius 2 is 2.07 bits per heavy atom. The molecule has 1 unspecified atom stereocenters. The van der Waals surface area contributed by atoms with Crippen LogP contribution in [0.1, 0.15) is 26.7 Å². The number of hydrogen-bond donors (Lipinski definition) is 0. The van der Waals surface area contributed by atoms with Gasteiger partial charge in [0.1, 0.15) is 0 Å². The molecule has 0 bridgehead atoms. The van der Waals surface area contributed by atoms with Crippen molar-refractivity contribution in [2.24, 2.45) is 11.8 Å². The minimum Gasteiger partial charge on any atom is -0.381 e. The van der Waals surface area contributed by atoms with E-state index in [4.69, 9.17) is 4.74 Å². The Balaban J connectivity index is 2.45. The van der Waals surface area contributed by atoms with Crippen LogP contribution in [-0.2, 0) is 9.53 Å². The summed E-state index contributed by atoms with van der Waals surface area (Å²) in [4.78, 5) is 13.7. The predicted octanol–water partition coefficient (Wildman–Crippen LogP) is 1.53. The zero-order valence-corrected chi connectivity index (χ0v) is 9.45. The Morgan fingerprint density at radius 1 is 1.50 bits per heavy atom. The van der Waals surface area contributed by atoms with Crippen LogP contribution in [0.25, 0.3) is 0 Å². The van der Waals surface area contributed by atoms with Crippen LogP contribution < -0.4 is 0 Å². The molecule has 14 heavy (non-hydrogen) atoms. The van der Waals surface area contributed by atoms with E-state index in [-0.39, 0.29) is 11.8 Å². The van der Waals surface area contributed by atoms with Crippen molar-refractivity contribution in [1.82, 2.24) is 4.90 Å². The van der Waals surface area contributed by atoms with Crippen LogP contribution in [0.2, 0.25) is 0 Å². The summed E-state index contributed by atoms with van der Waals surface area (Å²) in [6.07, 6.45) is 2.06. The zero-order valence-electron chi connectivity index (χ0n) is 9.45. The molecule has 0 aromatic heterocycles. The van der Waals surface area contributed by atoms with E-state index in [1.807, 2.05) is 20.9 Å².